The van der Waals surface area contributed by atoms with Crippen LogP contribution in [-0.2, 0) is 11.2 Å². The Morgan fingerprint density at radius 3 is 2.48 bits per heavy atom. The average Bonchev–Trinajstić information content (AvgIpc) is 3.56. The predicted octanol–water partition coefficient (Wildman–Crippen LogP) is 6.62. The first-order valence-corrected chi connectivity index (χ1v) is 14.1. The predicted molar refractivity (Wildman–Crippen MR) is 157 cm³/mol. The molecule has 1 aromatic heterocycles. The maximum Gasteiger partial charge on any atom is 0.210 e. The number of nitrogens with one attached hydrogen (secondary N) is 1. The van der Waals surface area contributed by atoms with Gasteiger partial charge in [0.1, 0.15) is 17.3 Å². The number of carbonyl (C=O) groups excluding carboxylic acids is 1. The Labute approximate surface area is 239 Å². The van der Waals surface area contributed by atoms with E-state index in [1.165, 1.54) is 37.1 Å². The van der Waals surface area contributed by atoms with Crippen LogP contribution in [0.1, 0.15) is 42.1 Å². The Morgan fingerprint density at radius 1 is 1.05 bits per heavy atom. The second-order valence-electron chi connectivity index (χ2n) is 10.3. The second kappa shape index (κ2) is 12.7. The summed E-state index contributed by atoms with van der Waals surface area (Å²) in [5, 5.41) is 1.88. The van der Waals surface area contributed by atoms with Crippen molar-refractivity contribution >= 4 is 28.9 Å². The van der Waals surface area contributed by atoms with Crippen LogP contribution in [0, 0.1) is 5.82 Å². The van der Waals surface area contributed by atoms with Crippen LogP contribution in [0.15, 0.2) is 66.7 Å². The van der Waals surface area contributed by atoms with E-state index < -0.39 is 0 Å². The van der Waals surface area contributed by atoms with Gasteiger partial charge in [0.25, 0.3) is 0 Å². The molecule has 8 heteroatoms. The van der Waals surface area contributed by atoms with Crippen LogP contribution >= 0.6 is 11.6 Å². The molecule has 40 heavy (non-hydrogen) atoms. The highest BCUT2D eigenvalue weighted by molar-refractivity contribution is 6.31. The van der Waals surface area contributed by atoms with Gasteiger partial charge in [0.2, 0.25) is 6.41 Å². The molecule has 2 aliphatic heterocycles. The molecule has 4 aromatic rings. The number of fused-ring (bicyclic) bond motifs is 3. The van der Waals surface area contributed by atoms with Gasteiger partial charge in [0.15, 0.2) is 0 Å². The van der Waals surface area contributed by atoms with Crippen molar-refractivity contribution in [3.8, 4) is 11.5 Å². The van der Waals surface area contributed by atoms with Gasteiger partial charge in [-0.2, -0.15) is 0 Å². The molecule has 2 aliphatic rings. The van der Waals surface area contributed by atoms with Crippen molar-refractivity contribution in [3.63, 3.8) is 0 Å². The number of H-pyrrole nitrogens is 1. The highest BCUT2D eigenvalue weighted by Crippen LogP contribution is 2.38. The summed E-state index contributed by atoms with van der Waals surface area (Å²) in [4.78, 5) is 19.7. The molecule has 1 fully saturated rings. The van der Waals surface area contributed by atoms with Crippen LogP contribution in [0.4, 0.5) is 4.39 Å². The molecule has 6 rings (SSSR count). The number of rotatable bonds is 7. The molecule has 3 aromatic carbocycles. The van der Waals surface area contributed by atoms with Crippen molar-refractivity contribution in [1.29, 1.82) is 0 Å². The van der Waals surface area contributed by atoms with Gasteiger partial charge >= 0.3 is 0 Å². The fraction of sp³-hybridized carbons (Fsp3) is 0.344. The zero-order chi connectivity index (χ0) is 28.1. The SMILES string of the molecule is CN1CCCC1CCOc1ccc(C2c3[nH]c4ccc(Cl)cc4c3CCN2C=O)cc1.COc1ccc(F)cc1. The maximum atomic E-state index is 12.2. The lowest BCUT2D eigenvalue weighted by Gasteiger charge is -2.33. The summed E-state index contributed by atoms with van der Waals surface area (Å²) in [5.41, 5.74) is 4.47. The number of benzene rings is 3. The summed E-state index contributed by atoms with van der Waals surface area (Å²) in [5.74, 6) is 1.31. The topological polar surface area (TPSA) is 57.8 Å². The number of aromatic amines is 1. The Morgan fingerprint density at radius 2 is 1.80 bits per heavy atom. The number of nitrogens with zero attached hydrogens (tertiary/aromatic N) is 2. The fourth-order valence-corrected chi connectivity index (χ4v) is 5.90. The van der Waals surface area contributed by atoms with Gasteiger partial charge in [0.05, 0.1) is 19.8 Å². The normalized spacial score (nSPS) is 18.6. The van der Waals surface area contributed by atoms with Gasteiger partial charge in [-0.25, -0.2) is 4.39 Å². The van der Waals surface area contributed by atoms with E-state index in [9.17, 15) is 9.18 Å². The van der Waals surface area contributed by atoms with Crippen molar-refractivity contribution in [3.05, 3.63) is 94.4 Å². The third-order valence-corrected chi connectivity index (χ3v) is 8.13. The molecule has 6 nitrogen and oxygen atoms in total. The van der Waals surface area contributed by atoms with Crippen molar-refractivity contribution < 1.29 is 18.7 Å². The molecule has 2 unspecified atom stereocenters. The largest absolute Gasteiger partial charge is 0.497 e. The lowest BCUT2D eigenvalue weighted by atomic mass is 9.93. The van der Waals surface area contributed by atoms with Crippen LogP contribution in [0.2, 0.25) is 5.02 Å². The molecule has 3 heterocycles. The van der Waals surface area contributed by atoms with Gasteiger partial charge in [0, 0.05) is 34.2 Å². The standard InChI is InChI=1S/C25H28ClN3O2.C7H7FO/c1-28-12-2-3-19(28)11-14-31-20-7-4-17(5-8-20)25-24-21(10-13-29(25)16-30)22-15-18(26)6-9-23(22)27-24;1-9-7-4-2-6(8)3-5-7/h4-9,15-16,19,25,27H,2-3,10-14H2,1H3;2-5H,1H3. The molecule has 0 spiro atoms. The summed E-state index contributed by atoms with van der Waals surface area (Å²) < 4.78 is 23.0. The lowest BCUT2D eigenvalue weighted by molar-refractivity contribution is -0.120. The highest BCUT2D eigenvalue weighted by atomic mass is 35.5. The number of hydrogen-bond acceptors (Lipinski definition) is 4. The molecular weight excluding hydrogens is 529 g/mol. The van der Waals surface area contributed by atoms with Crippen molar-refractivity contribution in [1.82, 2.24) is 14.8 Å². The third-order valence-electron chi connectivity index (χ3n) is 7.90. The molecule has 0 saturated carbocycles. The van der Waals surface area contributed by atoms with E-state index >= 15 is 0 Å². The Hall–Kier alpha value is -3.55. The van der Waals surface area contributed by atoms with Crippen molar-refractivity contribution in [2.45, 2.75) is 37.8 Å². The van der Waals surface area contributed by atoms with Crippen LogP contribution in [0.5, 0.6) is 11.5 Å². The van der Waals surface area contributed by atoms with E-state index in [2.05, 4.69) is 29.1 Å². The first-order chi connectivity index (χ1) is 19.5. The van der Waals surface area contributed by atoms with E-state index in [1.54, 1.807) is 19.2 Å². The average molecular weight is 564 g/mol. The van der Waals surface area contributed by atoms with E-state index in [1.807, 2.05) is 35.2 Å². The zero-order valence-electron chi connectivity index (χ0n) is 22.9. The molecule has 2 atom stereocenters. The third kappa shape index (κ3) is 6.26. The molecule has 1 saturated heterocycles. The van der Waals surface area contributed by atoms with Crippen molar-refractivity contribution in [2.24, 2.45) is 0 Å². The monoisotopic (exact) mass is 563 g/mol. The van der Waals surface area contributed by atoms with Gasteiger partial charge in [-0.05, 0) is 105 Å². The zero-order valence-corrected chi connectivity index (χ0v) is 23.7. The van der Waals surface area contributed by atoms with Crippen molar-refractivity contribution in [2.75, 3.05) is 33.9 Å². The summed E-state index contributed by atoms with van der Waals surface area (Å²) in [6.07, 6.45) is 5.38. The Bertz CT molecular complexity index is 1420. The van der Waals surface area contributed by atoms with E-state index in [-0.39, 0.29) is 11.9 Å². The lowest BCUT2D eigenvalue weighted by Crippen LogP contribution is -2.34. The molecule has 0 radical (unpaired) electrons. The molecule has 1 N–H and O–H groups in total. The summed E-state index contributed by atoms with van der Waals surface area (Å²) in [6.45, 7) is 2.61. The maximum absolute atomic E-state index is 12.2. The molecule has 0 aliphatic carbocycles. The number of methoxy groups -OCH3 is 1. The highest BCUT2D eigenvalue weighted by Gasteiger charge is 2.31. The molecular formula is C32H35ClFN3O3. The number of ether oxygens (including phenoxy) is 2. The summed E-state index contributed by atoms with van der Waals surface area (Å²) in [6, 6.07) is 20.5. The number of aromatic nitrogens is 1. The quantitative estimate of drug-likeness (QED) is 0.257. The fourth-order valence-electron chi connectivity index (χ4n) is 5.72. The van der Waals surface area contributed by atoms with Gasteiger partial charge < -0.3 is 24.3 Å². The summed E-state index contributed by atoms with van der Waals surface area (Å²) >= 11 is 6.24. The van der Waals surface area contributed by atoms with Gasteiger partial charge in [-0.1, -0.05) is 23.7 Å². The van der Waals surface area contributed by atoms with Crippen LogP contribution in [0.25, 0.3) is 10.9 Å². The first kappa shape index (κ1) is 28.0. The van der Waals surface area contributed by atoms with Crippen LogP contribution in [-0.4, -0.2) is 61.1 Å². The van der Waals surface area contributed by atoms with Crippen LogP contribution < -0.4 is 9.47 Å². The summed E-state index contributed by atoms with van der Waals surface area (Å²) in [7, 11) is 3.74. The number of hydrogen-bond donors (Lipinski definition) is 1. The minimum atomic E-state index is -0.240. The molecule has 210 valence electrons. The number of halogens is 2. The minimum Gasteiger partial charge on any atom is -0.497 e. The van der Waals surface area contributed by atoms with Gasteiger partial charge in [-0.3, -0.25) is 4.79 Å². The molecule has 1 amide bonds. The Kier molecular flexibility index (Phi) is 8.92. The van der Waals surface area contributed by atoms with E-state index in [0.29, 0.717) is 18.3 Å². The number of carbonyl (C=O) groups is 1. The first-order valence-electron chi connectivity index (χ1n) is 13.7. The van der Waals surface area contributed by atoms with Crippen LogP contribution in [0.3, 0.4) is 0 Å². The van der Waals surface area contributed by atoms with E-state index in [0.717, 1.165) is 58.8 Å². The van der Waals surface area contributed by atoms with E-state index in [4.69, 9.17) is 21.1 Å². The number of amides is 1. The smallest absolute Gasteiger partial charge is 0.210 e. The minimum absolute atomic E-state index is 0.131. The number of likely N-dealkylation sites (tertiary alicyclic amines) is 1. The van der Waals surface area contributed by atoms with Gasteiger partial charge in [-0.15, -0.1) is 0 Å². The Balaban J connectivity index is 0.000000306. The second-order valence-corrected chi connectivity index (χ2v) is 10.8. The molecule has 0 bridgehead atoms.